The number of amides is 1. The van der Waals surface area contributed by atoms with Crippen molar-refractivity contribution in [2.24, 2.45) is 0 Å². The summed E-state index contributed by atoms with van der Waals surface area (Å²) in [4.78, 5) is 15.0. The summed E-state index contributed by atoms with van der Waals surface area (Å²) >= 11 is 0. The maximum absolute atomic E-state index is 11.8. The van der Waals surface area contributed by atoms with Crippen molar-refractivity contribution >= 4 is 22.9 Å². The van der Waals surface area contributed by atoms with Crippen molar-refractivity contribution in [3.05, 3.63) is 36.0 Å². The summed E-state index contributed by atoms with van der Waals surface area (Å²) in [5.74, 6) is 0.175. The number of benzene rings is 1. The van der Waals surface area contributed by atoms with E-state index in [1.807, 2.05) is 12.3 Å². The lowest BCUT2D eigenvalue weighted by molar-refractivity contribution is -0.117. The van der Waals surface area contributed by atoms with Gasteiger partial charge in [0.05, 0.1) is 0 Å². The molecule has 0 spiro atoms. The Labute approximate surface area is 117 Å². The van der Waals surface area contributed by atoms with Gasteiger partial charge in [-0.25, -0.2) is 0 Å². The molecule has 1 aliphatic carbocycles. The number of aromatic nitrogens is 1. The average Bonchev–Trinajstić information content (AvgIpc) is 3.05. The first-order valence-corrected chi connectivity index (χ1v) is 7.01. The monoisotopic (exact) mass is 270 g/mol. The Bertz CT molecular complexity index is 652. The number of H-pyrrole nitrogens is 1. The molecule has 3 N–H and O–H groups in total. The lowest BCUT2D eigenvalue weighted by Crippen LogP contribution is -2.30. The number of aromatic amines is 1. The van der Waals surface area contributed by atoms with Crippen molar-refractivity contribution in [1.82, 2.24) is 10.3 Å². The van der Waals surface area contributed by atoms with E-state index in [0.717, 1.165) is 29.3 Å². The highest BCUT2D eigenvalue weighted by Gasteiger charge is 2.15. The lowest BCUT2D eigenvalue weighted by Gasteiger charge is -2.08. The number of phenols is 1. The third-order valence-electron chi connectivity index (χ3n) is 3.81. The van der Waals surface area contributed by atoms with E-state index in [2.05, 4.69) is 10.3 Å². The normalized spacial score (nSPS) is 16.2. The van der Waals surface area contributed by atoms with Crippen LogP contribution in [0.15, 0.2) is 30.5 Å². The quantitative estimate of drug-likeness (QED) is 0.751. The minimum absolute atomic E-state index is 0.0496. The van der Waals surface area contributed by atoms with Crippen LogP contribution in [0.2, 0.25) is 0 Å². The van der Waals surface area contributed by atoms with Crippen molar-refractivity contribution in [3.8, 4) is 5.75 Å². The molecule has 0 radical (unpaired) electrons. The Morgan fingerprint density at radius 3 is 2.95 bits per heavy atom. The number of carbonyl (C=O) groups is 1. The first kappa shape index (κ1) is 12.8. The molecule has 2 aromatic rings. The Balaban J connectivity index is 1.73. The standard InChI is InChI=1S/C16H18N2O2/c19-13-6-7-15-14(9-13)11(10-17-15)5-8-16(20)18-12-3-1-2-4-12/h5-10,12,17,19H,1-4H2,(H,18,20). The van der Waals surface area contributed by atoms with Crippen LogP contribution < -0.4 is 5.32 Å². The van der Waals surface area contributed by atoms with Crippen LogP contribution in [-0.4, -0.2) is 22.0 Å². The SMILES string of the molecule is O=C(C=Cc1c[nH]c2ccc(O)cc12)NC1CCCC1. The Kier molecular flexibility index (Phi) is 3.46. The molecule has 0 atom stereocenters. The van der Waals surface area contributed by atoms with Gasteiger partial charge in [0.1, 0.15) is 5.75 Å². The molecular weight excluding hydrogens is 252 g/mol. The van der Waals surface area contributed by atoms with Gasteiger partial charge >= 0.3 is 0 Å². The van der Waals surface area contributed by atoms with E-state index < -0.39 is 0 Å². The largest absolute Gasteiger partial charge is 0.508 e. The molecule has 1 aliphatic rings. The highest BCUT2D eigenvalue weighted by atomic mass is 16.3. The summed E-state index contributed by atoms with van der Waals surface area (Å²) in [6.45, 7) is 0. The molecule has 4 nitrogen and oxygen atoms in total. The molecule has 0 bridgehead atoms. The van der Waals surface area contributed by atoms with E-state index in [1.54, 1.807) is 24.3 Å². The van der Waals surface area contributed by atoms with E-state index in [9.17, 15) is 9.90 Å². The van der Waals surface area contributed by atoms with Gasteiger partial charge in [-0.2, -0.15) is 0 Å². The summed E-state index contributed by atoms with van der Waals surface area (Å²) in [7, 11) is 0. The first-order chi connectivity index (χ1) is 9.72. The number of hydrogen-bond acceptors (Lipinski definition) is 2. The van der Waals surface area contributed by atoms with Crippen LogP contribution in [0.3, 0.4) is 0 Å². The fourth-order valence-electron chi connectivity index (χ4n) is 2.75. The van der Waals surface area contributed by atoms with Crippen molar-refractivity contribution in [2.75, 3.05) is 0 Å². The van der Waals surface area contributed by atoms with Crippen LogP contribution in [0.1, 0.15) is 31.2 Å². The molecule has 20 heavy (non-hydrogen) atoms. The van der Waals surface area contributed by atoms with Gasteiger partial charge in [-0.1, -0.05) is 12.8 Å². The molecule has 1 heterocycles. The summed E-state index contributed by atoms with van der Waals surface area (Å²) in [6.07, 6.45) is 9.75. The predicted octanol–water partition coefficient (Wildman–Crippen LogP) is 2.95. The summed E-state index contributed by atoms with van der Waals surface area (Å²) in [5, 5.41) is 13.5. The van der Waals surface area contributed by atoms with E-state index in [4.69, 9.17) is 0 Å². The number of carbonyl (C=O) groups excluding carboxylic acids is 1. The van der Waals surface area contributed by atoms with E-state index in [1.165, 1.54) is 12.8 Å². The number of hydrogen-bond donors (Lipinski definition) is 3. The summed E-state index contributed by atoms with van der Waals surface area (Å²) < 4.78 is 0. The molecule has 104 valence electrons. The average molecular weight is 270 g/mol. The number of rotatable bonds is 3. The van der Waals surface area contributed by atoms with Crippen LogP contribution in [0.25, 0.3) is 17.0 Å². The molecule has 1 aromatic carbocycles. The zero-order valence-corrected chi connectivity index (χ0v) is 11.2. The highest BCUT2D eigenvalue weighted by Crippen LogP contribution is 2.23. The molecule has 1 fully saturated rings. The van der Waals surface area contributed by atoms with Crippen LogP contribution in [-0.2, 0) is 4.79 Å². The Morgan fingerprint density at radius 2 is 2.15 bits per heavy atom. The second kappa shape index (κ2) is 5.41. The van der Waals surface area contributed by atoms with Gasteiger partial charge in [0.25, 0.3) is 0 Å². The zero-order chi connectivity index (χ0) is 13.9. The van der Waals surface area contributed by atoms with E-state index in [0.29, 0.717) is 6.04 Å². The second-order valence-corrected chi connectivity index (χ2v) is 5.30. The van der Waals surface area contributed by atoms with Crippen LogP contribution in [0.5, 0.6) is 5.75 Å². The van der Waals surface area contributed by atoms with E-state index >= 15 is 0 Å². The summed E-state index contributed by atoms with van der Waals surface area (Å²) in [5.41, 5.74) is 1.84. The van der Waals surface area contributed by atoms with Gasteiger partial charge in [0.15, 0.2) is 0 Å². The lowest BCUT2D eigenvalue weighted by atomic mass is 10.1. The maximum atomic E-state index is 11.8. The van der Waals surface area contributed by atoms with Crippen molar-refractivity contribution < 1.29 is 9.90 Å². The smallest absolute Gasteiger partial charge is 0.244 e. The molecule has 3 rings (SSSR count). The zero-order valence-electron chi connectivity index (χ0n) is 11.2. The third kappa shape index (κ3) is 2.69. The molecule has 1 aromatic heterocycles. The fourth-order valence-corrected chi connectivity index (χ4v) is 2.75. The van der Waals surface area contributed by atoms with Crippen molar-refractivity contribution in [1.29, 1.82) is 0 Å². The third-order valence-corrected chi connectivity index (χ3v) is 3.81. The number of phenolic OH excluding ortho intramolecular Hbond substituents is 1. The molecule has 1 amide bonds. The Morgan fingerprint density at radius 1 is 1.35 bits per heavy atom. The molecule has 0 aliphatic heterocycles. The molecular formula is C16H18N2O2. The molecule has 1 saturated carbocycles. The van der Waals surface area contributed by atoms with Gasteiger partial charge in [-0.15, -0.1) is 0 Å². The molecule has 0 unspecified atom stereocenters. The first-order valence-electron chi connectivity index (χ1n) is 7.01. The van der Waals surface area contributed by atoms with E-state index in [-0.39, 0.29) is 11.7 Å². The minimum Gasteiger partial charge on any atom is -0.508 e. The van der Waals surface area contributed by atoms with Gasteiger partial charge < -0.3 is 15.4 Å². The summed E-state index contributed by atoms with van der Waals surface area (Å²) in [6, 6.07) is 5.49. The maximum Gasteiger partial charge on any atom is 0.244 e. The van der Waals surface area contributed by atoms with Gasteiger partial charge in [-0.05, 0) is 37.1 Å². The number of aromatic hydroxyl groups is 1. The second-order valence-electron chi connectivity index (χ2n) is 5.30. The van der Waals surface area contributed by atoms with Gasteiger partial charge in [0, 0.05) is 34.8 Å². The van der Waals surface area contributed by atoms with Crippen LogP contribution in [0.4, 0.5) is 0 Å². The molecule has 0 saturated heterocycles. The Hall–Kier alpha value is -2.23. The van der Waals surface area contributed by atoms with Crippen molar-refractivity contribution in [2.45, 2.75) is 31.7 Å². The van der Waals surface area contributed by atoms with Crippen LogP contribution in [0, 0.1) is 0 Å². The minimum atomic E-state index is -0.0496. The topological polar surface area (TPSA) is 65.1 Å². The van der Waals surface area contributed by atoms with Gasteiger partial charge in [-0.3, -0.25) is 4.79 Å². The highest BCUT2D eigenvalue weighted by molar-refractivity contribution is 5.96. The predicted molar refractivity (Wildman–Crippen MR) is 79.4 cm³/mol. The van der Waals surface area contributed by atoms with Crippen molar-refractivity contribution in [3.63, 3.8) is 0 Å². The molecule has 4 heteroatoms. The number of nitrogens with one attached hydrogen (secondary N) is 2. The number of fused-ring (bicyclic) bond motifs is 1. The van der Waals surface area contributed by atoms with Crippen LogP contribution >= 0.6 is 0 Å². The van der Waals surface area contributed by atoms with Gasteiger partial charge in [0.2, 0.25) is 5.91 Å². The fraction of sp³-hybridized carbons (Fsp3) is 0.312.